The highest BCUT2D eigenvalue weighted by Gasteiger charge is 2.31. The number of hydrogen-bond acceptors (Lipinski definition) is 3. The van der Waals surface area contributed by atoms with Gasteiger partial charge in [0.05, 0.1) is 13.2 Å². The molecule has 1 amide bonds. The van der Waals surface area contributed by atoms with E-state index in [1.165, 1.54) is 0 Å². The maximum atomic E-state index is 12.7. The number of benzene rings is 2. The Morgan fingerprint density at radius 1 is 1.15 bits per heavy atom. The highest BCUT2D eigenvalue weighted by Crippen LogP contribution is 2.32. The predicted molar refractivity (Wildman–Crippen MR) is 112 cm³/mol. The number of methoxy groups -OCH3 is 1. The van der Waals surface area contributed by atoms with Gasteiger partial charge in [-0.3, -0.25) is 4.79 Å². The second-order valence-electron chi connectivity index (χ2n) is 7.22. The smallest absolute Gasteiger partial charge is 0.225 e. The van der Waals surface area contributed by atoms with Crippen LogP contribution in [0.3, 0.4) is 0 Å². The van der Waals surface area contributed by atoms with Crippen molar-refractivity contribution in [2.24, 2.45) is 11.7 Å². The van der Waals surface area contributed by atoms with Crippen LogP contribution < -0.4 is 10.5 Å². The third-order valence-electron chi connectivity index (χ3n) is 5.56. The summed E-state index contributed by atoms with van der Waals surface area (Å²) in [6, 6.07) is 16.6. The quantitative estimate of drug-likeness (QED) is 0.824. The van der Waals surface area contributed by atoms with Crippen molar-refractivity contribution in [1.82, 2.24) is 4.90 Å². The van der Waals surface area contributed by atoms with Crippen LogP contribution in [0, 0.1) is 5.92 Å². The van der Waals surface area contributed by atoms with Crippen LogP contribution in [0.2, 0.25) is 0 Å². The molecular weight excluding hydrogens is 360 g/mol. The van der Waals surface area contributed by atoms with E-state index in [0.717, 1.165) is 41.7 Å². The minimum Gasteiger partial charge on any atom is -0.496 e. The fourth-order valence-corrected chi connectivity index (χ4v) is 3.77. The Labute approximate surface area is 168 Å². The van der Waals surface area contributed by atoms with E-state index in [0.29, 0.717) is 0 Å². The average molecular weight is 389 g/mol. The van der Waals surface area contributed by atoms with E-state index in [1.54, 1.807) is 7.11 Å². The molecule has 0 radical (unpaired) electrons. The second-order valence-corrected chi connectivity index (χ2v) is 7.22. The van der Waals surface area contributed by atoms with E-state index in [2.05, 4.69) is 37.3 Å². The van der Waals surface area contributed by atoms with E-state index in [4.69, 9.17) is 10.5 Å². The van der Waals surface area contributed by atoms with Crippen molar-refractivity contribution in [1.29, 1.82) is 0 Å². The molecule has 0 bridgehead atoms. The summed E-state index contributed by atoms with van der Waals surface area (Å²) in [6.45, 7) is 2.07. The molecule has 0 spiro atoms. The molecule has 1 aliphatic carbocycles. The van der Waals surface area contributed by atoms with Crippen LogP contribution in [-0.2, 0) is 4.79 Å². The molecule has 1 fully saturated rings. The van der Waals surface area contributed by atoms with Crippen molar-refractivity contribution in [2.75, 3.05) is 14.2 Å². The van der Waals surface area contributed by atoms with Crippen LogP contribution in [0.25, 0.3) is 11.1 Å². The summed E-state index contributed by atoms with van der Waals surface area (Å²) in [5.74, 6) is 1.14. The Morgan fingerprint density at radius 2 is 1.81 bits per heavy atom. The van der Waals surface area contributed by atoms with Crippen LogP contribution in [0.4, 0.5) is 0 Å². The van der Waals surface area contributed by atoms with Crippen LogP contribution in [0.1, 0.15) is 37.8 Å². The number of carbonyl (C=O) groups is 1. The van der Waals surface area contributed by atoms with Crippen molar-refractivity contribution in [3.8, 4) is 16.9 Å². The lowest BCUT2D eigenvalue weighted by atomic mass is 9.99. The standard InChI is InChI=1S/C22H28N2O2.ClH/c1-15(24(2)22(25)18-12-13-19(23)14-18)16-8-10-17(11-9-16)20-6-4-5-7-21(20)26-3;/h4-11,15,18-19H,12-14,23H2,1-3H3;1H. The van der Waals surface area contributed by atoms with Gasteiger partial charge >= 0.3 is 0 Å². The summed E-state index contributed by atoms with van der Waals surface area (Å²) < 4.78 is 5.45. The van der Waals surface area contributed by atoms with Crippen molar-refractivity contribution >= 4 is 18.3 Å². The molecule has 1 aliphatic rings. The van der Waals surface area contributed by atoms with Crippen LogP contribution in [0.15, 0.2) is 48.5 Å². The van der Waals surface area contributed by atoms with Crippen LogP contribution in [-0.4, -0.2) is 31.0 Å². The lowest BCUT2D eigenvalue weighted by Gasteiger charge is -2.28. The van der Waals surface area contributed by atoms with E-state index >= 15 is 0 Å². The normalized spacial score (nSPS) is 19.9. The summed E-state index contributed by atoms with van der Waals surface area (Å²) in [4.78, 5) is 14.6. The van der Waals surface area contributed by atoms with Gasteiger partial charge in [-0.25, -0.2) is 0 Å². The fourth-order valence-electron chi connectivity index (χ4n) is 3.77. The molecule has 27 heavy (non-hydrogen) atoms. The summed E-state index contributed by atoms with van der Waals surface area (Å²) in [7, 11) is 3.58. The minimum atomic E-state index is 0. The summed E-state index contributed by atoms with van der Waals surface area (Å²) in [6.07, 6.45) is 2.67. The first-order valence-corrected chi connectivity index (χ1v) is 9.27. The molecule has 1 saturated carbocycles. The molecule has 4 nitrogen and oxygen atoms in total. The number of rotatable bonds is 5. The predicted octanol–water partition coefficient (Wildman–Crippen LogP) is 4.43. The molecule has 3 rings (SSSR count). The van der Waals surface area contributed by atoms with Gasteiger partial charge in [-0.05, 0) is 43.4 Å². The van der Waals surface area contributed by atoms with Crippen molar-refractivity contribution < 1.29 is 9.53 Å². The molecule has 5 heteroatoms. The topological polar surface area (TPSA) is 55.6 Å². The summed E-state index contributed by atoms with van der Waals surface area (Å²) >= 11 is 0. The van der Waals surface area contributed by atoms with E-state index in [-0.39, 0.29) is 36.3 Å². The molecule has 146 valence electrons. The Hall–Kier alpha value is -2.04. The number of amides is 1. The van der Waals surface area contributed by atoms with Crippen molar-refractivity contribution in [2.45, 2.75) is 38.3 Å². The van der Waals surface area contributed by atoms with Gasteiger partial charge in [-0.15, -0.1) is 12.4 Å². The lowest BCUT2D eigenvalue weighted by molar-refractivity contribution is -0.136. The van der Waals surface area contributed by atoms with Gasteiger partial charge in [-0.1, -0.05) is 42.5 Å². The molecule has 0 aliphatic heterocycles. The maximum Gasteiger partial charge on any atom is 0.225 e. The van der Waals surface area contributed by atoms with Gasteiger partial charge in [0.1, 0.15) is 5.75 Å². The lowest BCUT2D eigenvalue weighted by Crippen LogP contribution is -2.34. The highest BCUT2D eigenvalue weighted by atomic mass is 35.5. The number of halogens is 1. The van der Waals surface area contributed by atoms with Crippen LogP contribution >= 0.6 is 12.4 Å². The molecule has 2 N–H and O–H groups in total. The number of para-hydroxylation sites is 1. The SMILES string of the molecule is COc1ccccc1-c1ccc(C(C)N(C)C(=O)C2CCC(N)C2)cc1.Cl. The Balaban J connectivity index is 0.00000261. The minimum absolute atomic E-state index is 0. The number of hydrogen-bond donors (Lipinski definition) is 1. The molecule has 3 unspecified atom stereocenters. The Bertz CT molecular complexity index is 763. The first-order chi connectivity index (χ1) is 12.5. The fraction of sp³-hybridized carbons (Fsp3) is 0.409. The molecule has 2 aromatic carbocycles. The van der Waals surface area contributed by atoms with Gasteiger partial charge in [0.15, 0.2) is 0 Å². The molecule has 0 saturated heterocycles. The van der Waals surface area contributed by atoms with Crippen molar-refractivity contribution in [3.05, 3.63) is 54.1 Å². The Kier molecular flexibility index (Phi) is 7.28. The van der Waals surface area contributed by atoms with E-state index < -0.39 is 0 Å². The zero-order chi connectivity index (χ0) is 18.7. The summed E-state index contributed by atoms with van der Waals surface area (Å²) in [5.41, 5.74) is 9.27. The highest BCUT2D eigenvalue weighted by molar-refractivity contribution is 5.85. The van der Waals surface area contributed by atoms with Gasteiger partial charge in [-0.2, -0.15) is 0 Å². The molecule has 2 aromatic rings. The van der Waals surface area contributed by atoms with Crippen molar-refractivity contribution in [3.63, 3.8) is 0 Å². The third-order valence-corrected chi connectivity index (χ3v) is 5.56. The maximum absolute atomic E-state index is 12.7. The second kappa shape index (κ2) is 9.25. The first kappa shape index (κ1) is 21.3. The number of carbonyl (C=O) groups excluding carboxylic acids is 1. The zero-order valence-corrected chi connectivity index (χ0v) is 17.0. The van der Waals surface area contributed by atoms with Gasteiger partial charge in [0.2, 0.25) is 5.91 Å². The zero-order valence-electron chi connectivity index (χ0n) is 16.2. The molecule has 0 aromatic heterocycles. The molecular formula is C22H29ClN2O2. The van der Waals surface area contributed by atoms with Crippen LogP contribution in [0.5, 0.6) is 5.75 Å². The van der Waals surface area contributed by atoms with Gasteiger partial charge < -0.3 is 15.4 Å². The van der Waals surface area contributed by atoms with E-state index in [9.17, 15) is 4.79 Å². The van der Waals surface area contributed by atoms with E-state index in [1.807, 2.05) is 30.1 Å². The molecule has 0 heterocycles. The third kappa shape index (κ3) is 4.63. The average Bonchev–Trinajstić information content (AvgIpc) is 3.12. The number of nitrogens with zero attached hydrogens (tertiary/aromatic N) is 1. The number of ether oxygens (including phenoxy) is 1. The van der Waals surface area contributed by atoms with Gasteiger partial charge in [0.25, 0.3) is 0 Å². The Morgan fingerprint density at radius 3 is 2.41 bits per heavy atom. The number of nitrogens with two attached hydrogens (primary N) is 1. The first-order valence-electron chi connectivity index (χ1n) is 9.27. The van der Waals surface area contributed by atoms with Gasteiger partial charge in [0, 0.05) is 24.6 Å². The summed E-state index contributed by atoms with van der Waals surface area (Å²) in [5, 5.41) is 0. The largest absolute Gasteiger partial charge is 0.496 e. The molecule has 3 atom stereocenters. The monoisotopic (exact) mass is 388 g/mol.